The third-order valence-corrected chi connectivity index (χ3v) is 5.58. The number of rotatable bonds is 19. The lowest BCUT2D eigenvalue weighted by molar-refractivity contribution is 0.0497. The average Bonchev–Trinajstić information content (AvgIpc) is 2.76. The third kappa shape index (κ3) is 15.8. The Hall–Kier alpha value is -1.61. The van der Waals surface area contributed by atoms with Gasteiger partial charge in [0.2, 0.25) is 0 Å². The fraction of sp³-hybridized carbons (Fsp3) is 0.679. The van der Waals surface area contributed by atoms with Gasteiger partial charge in [-0.05, 0) is 63.9 Å². The Bertz CT molecular complexity index is 577. The molecule has 0 heterocycles. The fourth-order valence-electron chi connectivity index (χ4n) is 3.71. The third-order valence-electron chi connectivity index (χ3n) is 5.58. The van der Waals surface area contributed by atoms with Crippen LogP contribution in [0.3, 0.4) is 0 Å². The van der Waals surface area contributed by atoms with Crippen LogP contribution >= 0.6 is 0 Å². The second kappa shape index (κ2) is 19.1. The Labute approximate surface area is 192 Å². The van der Waals surface area contributed by atoms with Crippen molar-refractivity contribution in [2.24, 2.45) is 0 Å². The van der Waals surface area contributed by atoms with E-state index in [1.807, 2.05) is 38.4 Å². The van der Waals surface area contributed by atoms with Crippen LogP contribution in [-0.2, 0) is 11.3 Å². The van der Waals surface area contributed by atoms with E-state index < -0.39 is 0 Å². The van der Waals surface area contributed by atoms with E-state index in [1.54, 1.807) is 0 Å². The Morgan fingerprint density at radius 1 is 0.774 bits per heavy atom. The van der Waals surface area contributed by atoms with Crippen LogP contribution in [0.15, 0.2) is 36.4 Å². The molecule has 0 aliphatic heterocycles. The zero-order valence-electron chi connectivity index (χ0n) is 20.5. The highest BCUT2D eigenvalue weighted by atomic mass is 16.5. The normalized spacial score (nSPS) is 11.5. The van der Waals surface area contributed by atoms with Gasteiger partial charge in [-0.3, -0.25) is 0 Å². The molecule has 1 rings (SSSR count). The number of carbonyl (C=O) groups excluding carboxylic acids is 1. The van der Waals surface area contributed by atoms with Crippen molar-refractivity contribution < 1.29 is 9.53 Å². The molecule has 3 nitrogen and oxygen atoms in total. The van der Waals surface area contributed by atoms with Crippen LogP contribution in [-0.4, -0.2) is 31.6 Å². The predicted octanol–water partition coefficient (Wildman–Crippen LogP) is 7.94. The van der Waals surface area contributed by atoms with Crippen LogP contribution in [0.2, 0.25) is 0 Å². The largest absolute Gasteiger partial charge is 0.462 e. The highest BCUT2D eigenvalue weighted by Crippen LogP contribution is 2.11. The summed E-state index contributed by atoms with van der Waals surface area (Å²) in [5, 5.41) is 0. The summed E-state index contributed by atoms with van der Waals surface area (Å²) in [7, 11) is 4.08. The number of benzene rings is 1. The number of ether oxygens (including phenoxy) is 1. The highest BCUT2D eigenvalue weighted by Gasteiger charge is 2.07. The van der Waals surface area contributed by atoms with Crippen LogP contribution in [0.1, 0.15) is 113 Å². The molecular weight excluding hydrogens is 382 g/mol. The fourth-order valence-corrected chi connectivity index (χ4v) is 3.71. The van der Waals surface area contributed by atoms with E-state index in [0.29, 0.717) is 12.2 Å². The lowest BCUT2D eigenvalue weighted by Crippen LogP contribution is -2.11. The van der Waals surface area contributed by atoms with Crippen molar-refractivity contribution in [3.63, 3.8) is 0 Å². The van der Waals surface area contributed by atoms with Crippen molar-refractivity contribution in [3.05, 3.63) is 47.5 Å². The van der Waals surface area contributed by atoms with Crippen LogP contribution in [0.5, 0.6) is 0 Å². The van der Waals surface area contributed by atoms with Gasteiger partial charge in [-0.1, -0.05) is 89.0 Å². The summed E-state index contributed by atoms with van der Waals surface area (Å²) in [6, 6.07) is 7.73. The van der Waals surface area contributed by atoms with Crippen LogP contribution in [0.4, 0.5) is 0 Å². The molecule has 0 spiro atoms. The van der Waals surface area contributed by atoms with E-state index in [4.69, 9.17) is 4.74 Å². The van der Waals surface area contributed by atoms with Crippen molar-refractivity contribution >= 4 is 5.97 Å². The minimum Gasteiger partial charge on any atom is -0.462 e. The molecule has 0 saturated carbocycles. The Morgan fingerprint density at radius 2 is 1.29 bits per heavy atom. The first-order valence-electron chi connectivity index (χ1n) is 12.7. The lowest BCUT2D eigenvalue weighted by Gasteiger charge is -2.10. The summed E-state index contributed by atoms with van der Waals surface area (Å²) in [5.74, 6) is -0.204. The van der Waals surface area contributed by atoms with Crippen LogP contribution in [0.25, 0.3) is 0 Å². The second-order valence-corrected chi connectivity index (χ2v) is 9.01. The first kappa shape index (κ1) is 27.4. The molecule has 0 aliphatic rings. The number of allylic oxidation sites excluding steroid dienone is 2. The number of nitrogens with zero attached hydrogens (tertiary/aromatic N) is 1. The molecule has 0 radical (unpaired) electrons. The Morgan fingerprint density at radius 3 is 1.84 bits per heavy atom. The molecule has 1 aromatic rings. The van der Waals surface area contributed by atoms with Crippen molar-refractivity contribution in [1.29, 1.82) is 0 Å². The molecule has 0 saturated heterocycles. The molecule has 31 heavy (non-hydrogen) atoms. The molecular formula is C28H47NO2. The van der Waals surface area contributed by atoms with E-state index in [0.717, 1.165) is 19.4 Å². The van der Waals surface area contributed by atoms with Gasteiger partial charge in [0.15, 0.2) is 0 Å². The quantitative estimate of drug-likeness (QED) is 0.127. The van der Waals surface area contributed by atoms with E-state index >= 15 is 0 Å². The van der Waals surface area contributed by atoms with E-state index in [1.165, 1.54) is 82.6 Å². The summed E-state index contributed by atoms with van der Waals surface area (Å²) in [5.41, 5.74) is 1.85. The lowest BCUT2D eigenvalue weighted by atomic mass is 10.1. The first-order chi connectivity index (χ1) is 15.1. The first-order valence-corrected chi connectivity index (χ1v) is 12.7. The number of carbonyl (C=O) groups is 1. The van der Waals surface area contributed by atoms with Crippen molar-refractivity contribution in [2.75, 3.05) is 20.7 Å². The molecule has 0 bridgehead atoms. The molecule has 0 N–H and O–H groups in total. The number of hydrogen-bond acceptors (Lipinski definition) is 3. The van der Waals surface area contributed by atoms with Gasteiger partial charge in [0.05, 0.1) is 12.2 Å². The predicted molar refractivity (Wildman–Crippen MR) is 134 cm³/mol. The van der Waals surface area contributed by atoms with Gasteiger partial charge < -0.3 is 9.64 Å². The summed E-state index contributed by atoms with van der Waals surface area (Å²) in [6.07, 6.45) is 22.7. The summed E-state index contributed by atoms with van der Waals surface area (Å²) in [6.45, 7) is 3.68. The number of hydrogen-bond donors (Lipinski definition) is 0. The Balaban J connectivity index is 1.91. The van der Waals surface area contributed by atoms with Gasteiger partial charge in [-0.25, -0.2) is 4.79 Å². The molecule has 0 aliphatic carbocycles. The van der Waals surface area contributed by atoms with E-state index in [9.17, 15) is 4.79 Å². The van der Waals surface area contributed by atoms with E-state index in [-0.39, 0.29) is 5.97 Å². The zero-order valence-corrected chi connectivity index (χ0v) is 20.5. The molecule has 176 valence electrons. The summed E-state index contributed by atoms with van der Waals surface area (Å²) < 4.78 is 5.41. The number of esters is 1. The minimum atomic E-state index is -0.204. The van der Waals surface area contributed by atoms with Crippen molar-refractivity contribution in [1.82, 2.24) is 4.90 Å². The summed E-state index contributed by atoms with van der Waals surface area (Å²) >= 11 is 0. The van der Waals surface area contributed by atoms with Gasteiger partial charge in [0.25, 0.3) is 0 Å². The molecule has 3 heteroatoms. The number of unbranched alkanes of at least 4 members (excludes halogenated alkanes) is 12. The maximum Gasteiger partial charge on any atom is 0.338 e. The standard InChI is InChI=1S/C28H47NO2/c1-4-5-6-7-8-9-10-11-12-13-14-15-16-17-18-19-24-31-28(30)27-22-20-26(21-23-27)25-29(2)3/h11-12,20-23H,4-10,13-19,24-25H2,1-3H3/b12-11-. The molecule has 0 fully saturated rings. The SMILES string of the molecule is CCCCCCCC/C=C\CCCCCCCCOC(=O)c1ccc(CN(C)C)cc1. The zero-order chi connectivity index (χ0) is 22.6. The summed E-state index contributed by atoms with van der Waals surface area (Å²) in [4.78, 5) is 14.2. The Kier molecular flexibility index (Phi) is 16.9. The molecule has 0 unspecified atom stereocenters. The van der Waals surface area contributed by atoms with Gasteiger partial charge >= 0.3 is 5.97 Å². The van der Waals surface area contributed by atoms with Crippen LogP contribution < -0.4 is 0 Å². The monoisotopic (exact) mass is 429 g/mol. The molecule has 0 aromatic heterocycles. The molecule has 0 amide bonds. The average molecular weight is 430 g/mol. The minimum absolute atomic E-state index is 0.204. The van der Waals surface area contributed by atoms with Gasteiger partial charge in [0.1, 0.15) is 0 Å². The van der Waals surface area contributed by atoms with Crippen molar-refractivity contribution in [2.45, 2.75) is 103 Å². The highest BCUT2D eigenvalue weighted by molar-refractivity contribution is 5.89. The van der Waals surface area contributed by atoms with Gasteiger partial charge in [0, 0.05) is 6.54 Å². The molecule has 1 aromatic carbocycles. The van der Waals surface area contributed by atoms with Crippen molar-refractivity contribution in [3.8, 4) is 0 Å². The topological polar surface area (TPSA) is 29.5 Å². The van der Waals surface area contributed by atoms with Gasteiger partial charge in [-0.2, -0.15) is 0 Å². The second-order valence-electron chi connectivity index (χ2n) is 9.01. The maximum absolute atomic E-state index is 12.1. The van der Waals surface area contributed by atoms with Crippen LogP contribution in [0, 0.1) is 0 Å². The smallest absolute Gasteiger partial charge is 0.338 e. The molecule has 0 atom stereocenters. The van der Waals surface area contributed by atoms with Gasteiger partial charge in [-0.15, -0.1) is 0 Å². The maximum atomic E-state index is 12.1. The van der Waals surface area contributed by atoms with E-state index in [2.05, 4.69) is 24.0 Å².